The van der Waals surface area contributed by atoms with Crippen LogP contribution in [0, 0.1) is 0 Å². The SMILES string of the molecule is CCCCCCCOc1cccc(NC(=O)CNc2ccc3ccccc3c2)c1. The first-order chi connectivity index (χ1) is 14.2. The van der Waals surface area contributed by atoms with Crippen molar-refractivity contribution in [3.63, 3.8) is 0 Å². The molecule has 0 aromatic heterocycles. The highest BCUT2D eigenvalue weighted by molar-refractivity contribution is 5.94. The fourth-order valence-electron chi connectivity index (χ4n) is 3.25. The Labute approximate surface area is 173 Å². The summed E-state index contributed by atoms with van der Waals surface area (Å²) in [5.74, 6) is 0.704. The summed E-state index contributed by atoms with van der Waals surface area (Å²) in [5.41, 5.74) is 1.68. The van der Waals surface area contributed by atoms with Crippen LogP contribution in [0.15, 0.2) is 66.7 Å². The highest BCUT2D eigenvalue weighted by atomic mass is 16.5. The second-order valence-electron chi connectivity index (χ2n) is 7.25. The maximum Gasteiger partial charge on any atom is 0.243 e. The van der Waals surface area contributed by atoms with Crippen LogP contribution in [0.5, 0.6) is 5.75 Å². The molecule has 3 rings (SSSR count). The van der Waals surface area contributed by atoms with E-state index in [0.29, 0.717) is 6.61 Å². The van der Waals surface area contributed by atoms with Crippen LogP contribution in [0.3, 0.4) is 0 Å². The molecule has 3 aromatic rings. The van der Waals surface area contributed by atoms with Crippen LogP contribution >= 0.6 is 0 Å². The van der Waals surface area contributed by atoms with Gasteiger partial charge < -0.3 is 15.4 Å². The van der Waals surface area contributed by atoms with E-state index >= 15 is 0 Å². The van der Waals surface area contributed by atoms with Gasteiger partial charge in [0.25, 0.3) is 0 Å². The molecule has 0 bridgehead atoms. The normalized spacial score (nSPS) is 10.7. The first kappa shape index (κ1) is 20.7. The van der Waals surface area contributed by atoms with Gasteiger partial charge in [0.2, 0.25) is 5.91 Å². The maximum absolute atomic E-state index is 12.3. The molecule has 0 atom stereocenters. The Morgan fingerprint density at radius 1 is 0.828 bits per heavy atom. The van der Waals surface area contributed by atoms with Crippen molar-refractivity contribution in [1.29, 1.82) is 0 Å². The van der Waals surface area contributed by atoms with Gasteiger partial charge in [-0.3, -0.25) is 4.79 Å². The zero-order chi connectivity index (χ0) is 20.3. The van der Waals surface area contributed by atoms with Gasteiger partial charge in [-0.1, -0.05) is 69.0 Å². The number of ether oxygens (including phenoxy) is 1. The Kier molecular flexibility index (Phi) is 7.93. The quantitative estimate of drug-likeness (QED) is 0.381. The lowest BCUT2D eigenvalue weighted by Gasteiger charge is -2.11. The van der Waals surface area contributed by atoms with Gasteiger partial charge >= 0.3 is 0 Å². The molecule has 0 aliphatic heterocycles. The fraction of sp³-hybridized carbons (Fsp3) is 0.320. The van der Waals surface area contributed by atoms with E-state index in [1.54, 1.807) is 0 Å². The molecule has 0 fully saturated rings. The predicted molar refractivity (Wildman–Crippen MR) is 122 cm³/mol. The van der Waals surface area contributed by atoms with Crippen molar-refractivity contribution in [1.82, 2.24) is 0 Å². The average molecular weight is 391 g/mol. The lowest BCUT2D eigenvalue weighted by Crippen LogP contribution is -2.21. The number of benzene rings is 3. The number of fused-ring (bicyclic) bond motifs is 1. The van der Waals surface area contributed by atoms with Gasteiger partial charge in [-0.05, 0) is 41.5 Å². The molecular weight excluding hydrogens is 360 g/mol. The third-order valence-electron chi connectivity index (χ3n) is 4.84. The van der Waals surface area contributed by atoms with Crippen molar-refractivity contribution in [2.75, 3.05) is 23.8 Å². The van der Waals surface area contributed by atoms with E-state index in [1.807, 2.05) is 42.5 Å². The van der Waals surface area contributed by atoms with Gasteiger partial charge in [0, 0.05) is 17.4 Å². The molecule has 0 aliphatic rings. The van der Waals surface area contributed by atoms with Crippen molar-refractivity contribution in [2.45, 2.75) is 39.0 Å². The molecule has 1 amide bonds. The molecule has 4 heteroatoms. The highest BCUT2D eigenvalue weighted by Gasteiger charge is 2.04. The summed E-state index contributed by atoms with van der Waals surface area (Å²) in [7, 11) is 0. The second kappa shape index (κ2) is 11.1. The van der Waals surface area contributed by atoms with Crippen molar-refractivity contribution >= 4 is 28.1 Å². The van der Waals surface area contributed by atoms with E-state index in [1.165, 1.54) is 31.1 Å². The van der Waals surface area contributed by atoms with E-state index in [2.05, 4.69) is 41.8 Å². The van der Waals surface area contributed by atoms with Crippen LogP contribution in [0.25, 0.3) is 10.8 Å². The lowest BCUT2D eigenvalue weighted by atomic mass is 10.1. The maximum atomic E-state index is 12.3. The molecule has 0 spiro atoms. The number of rotatable bonds is 11. The van der Waals surface area contributed by atoms with Crippen LogP contribution in [-0.4, -0.2) is 19.1 Å². The van der Waals surface area contributed by atoms with Crippen LogP contribution < -0.4 is 15.4 Å². The van der Waals surface area contributed by atoms with Crippen LogP contribution in [0.2, 0.25) is 0 Å². The summed E-state index contributed by atoms with van der Waals surface area (Å²) >= 11 is 0. The van der Waals surface area contributed by atoms with Crippen LogP contribution in [-0.2, 0) is 4.79 Å². The van der Waals surface area contributed by atoms with Crippen molar-refractivity contribution in [2.24, 2.45) is 0 Å². The summed E-state index contributed by atoms with van der Waals surface area (Å²) in [5, 5.41) is 8.45. The van der Waals surface area contributed by atoms with Gasteiger partial charge in [-0.25, -0.2) is 0 Å². The Balaban J connectivity index is 1.44. The summed E-state index contributed by atoms with van der Waals surface area (Å²) in [6.07, 6.45) is 6.06. The molecule has 4 nitrogen and oxygen atoms in total. The third-order valence-corrected chi connectivity index (χ3v) is 4.84. The molecule has 0 saturated heterocycles. The molecule has 0 heterocycles. The zero-order valence-corrected chi connectivity index (χ0v) is 17.1. The highest BCUT2D eigenvalue weighted by Crippen LogP contribution is 2.20. The van der Waals surface area contributed by atoms with Gasteiger partial charge in [-0.15, -0.1) is 0 Å². The van der Waals surface area contributed by atoms with Crippen molar-refractivity contribution in [3.05, 3.63) is 66.7 Å². The molecule has 2 N–H and O–H groups in total. The zero-order valence-electron chi connectivity index (χ0n) is 17.1. The Morgan fingerprint density at radius 3 is 2.52 bits per heavy atom. The summed E-state index contributed by atoms with van der Waals surface area (Å²) < 4.78 is 5.81. The average Bonchev–Trinajstić information content (AvgIpc) is 2.75. The lowest BCUT2D eigenvalue weighted by molar-refractivity contribution is -0.114. The Hall–Kier alpha value is -3.01. The monoisotopic (exact) mass is 390 g/mol. The molecule has 0 aliphatic carbocycles. The topological polar surface area (TPSA) is 50.4 Å². The van der Waals surface area contributed by atoms with Gasteiger partial charge in [0.15, 0.2) is 0 Å². The number of carbonyl (C=O) groups is 1. The number of hydrogen-bond acceptors (Lipinski definition) is 3. The van der Waals surface area contributed by atoms with Crippen LogP contribution in [0.4, 0.5) is 11.4 Å². The minimum absolute atomic E-state index is 0.0881. The van der Waals surface area contributed by atoms with Crippen molar-refractivity contribution in [3.8, 4) is 5.75 Å². The minimum Gasteiger partial charge on any atom is -0.494 e. The van der Waals surface area contributed by atoms with Gasteiger partial charge in [0.05, 0.1) is 13.2 Å². The Bertz CT molecular complexity index is 923. The fourth-order valence-corrected chi connectivity index (χ4v) is 3.25. The number of nitrogens with one attached hydrogen (secondary N) is 2. The van der Waals surface area contributed by atoms with Gasteiger partial charge in [0.1, 0.15) is 5.75 Å². The van der Waals surface area contributed by atoms with Gasteiger partial charge in [-0.2, -0.15) is 0 Å². The van der Waals surface area contributed by atoms with E-state index in [4.69, 9.17) is 4.74 Å². The van der Waals surface area contributed by atoms with E-state index < -0.39 is 0 Å². The first-order valence-corrected chi connectivity index (χ1v) is 10.5. The predicted octanol–water partition coefficient (Wildman–Crippen LogP) is 6.24. The number of hydrogen-bond donors (Lipinski definition) is 2. The van der Waals surface area contributed by atoms with E-state index in [0.717, 1.165) is 28.9 Å². The third kappa shape index (κ3) is 6.83. The van der Waals surface area contributed by atoms with E-state index in [-0.39, 0.29) is 12.5 Å². The number of amides is 1. The summed E-state index contributed by atoms with van der Waals surface area (Å²) in [4.78, 5) is 12.3. The Morgan fingerprint density at radius 2 is 1.66 bits per heavy atom. The first-order valence-electron chi connectivity index (χ1n) is 10.5. The molecule has 152 valence electrons. The second-order valence-corrected chi connectivity index (χ2v) is 7.25. The molecule has 0 radical (unpaired) electrons. The molecule has 0 unspecified atom stereocenters. The molecule has 3 aromatic carbocycles. The van der Waals surface area contributed by atoms with Crippen LogP contribution in [0.1, 0.15) is 39.0 Å². The molecular formula is C25H30N2O2. The number of unbranched alkanes of at least 4 members (excludes halogenated alkanes) is 4. The largest absolute Gasteiger partial charge is 0.494 e. The van der Waals surface area contributed by atoms with E-state index in [9.17, 15) is 4.79 Å². The summed E-state index contributed by atoms with van der Waals surface area (Å²) in [6.45, 7) is 3.14. The minimum atomic E-state index is -0.0881. The van der Waals surface area contributed by atoms with Crippen molar-refractivity contribution < 1.29 is 9.53 Å². The molecule has 29 heavy (non-hydrogen) atoms. The summed E-state index contributed by atoms with van der Waals surface area (Å²) in [6, 6.07) is 21.9. The molecule has 0 saturated carbocycles. The number of carbonyl (C=O) groups excluding carboxylic acids is 1. The number of anilines is 2. The standard InChI is InChI=1S/C25H30N2O2/c1-2-3-4-5-8-16-29-24-13-9-12-23(18-24)27-25(28)19-26-22-15-14-20-10-6-7-11-21(20)17-22/h6-7,9-15,17-18,26H,2-5,8,16,19H2,1H3,(H,27,28). The smallest absolute Gasteiger partial charge is 0.243 e.